The first-order valence-corrected chi connectivity index (χ1v) is 4.78. The number of amides is 1. The molecule has 2 atom stereocenters. The molecule has 1 saturated carbocycles. The molecule has 0 aromatic carbocycles. The van der Waals surface area contributed by atoms with Crippen LogP contribution in [0.25, 0.3) is 0 Å². The van der Waals surface area contributed by atoms with E-state index < -0.39 is 0 Å². The lowest BCUT2D eigenvalue weighted by Gasteiger charge is -2.00. The normalized spacial score (nSPS) is 28.2. The molecular weight excluding hydrogens is 158 g/mol. The Morgan fingerprint density at radius 2 is 2.36 bits per heavy atom. The average Bonchev–Trinajstić information content (AvgIpc) is 2.78. The van der Waals surface area contributed by atoms with Crippen LogP contribution in [0.5, 0.6) is 0 Å². The summed E-state index contributed by atoms with van der Waals surface area (Å²) in [5, 5.41) is 2.84. The fourth-order valence-electron chi connectivity index (χ4n) is 1.36. The van der Waals surface area contributed by atoms with E-state index >= 15 is 0 Å². The van der Waals surface area contributed by atoms with Crippen molar-refractivity contribution in [3.05, 3.63) is 0 Å². The van der Waals surface area contributed by atoms with Crippen molar-refractivity contribution in [3.63, 3.8) is 0 Å². The Labute approximate surface area is 73.2 Å². The largest absolute Gasteiger partial charge is 0.355 e. The summed E-state index contributed by atoms with van der Waals surface area (Å²) in [6, 6.07) is 0. The molecule has 2 nitrogen and oxygen atoms in total. The van der Waals surface area contributed by atoms with Gasteiger partial charge in [-0.1, -0.05) is 13.3 Å². The predicted octanol–water partition coefficient (Wildman–Crippen LogP) is 1.08. The molecule has 64 valence electrons. The first-order chi connectivity index (χ1) is 5.27. The summed E-state index contributed by atoms with van der Waals surface area (Å²) in [4.78, 5) is 10.8. The Hall–Kier alpha value is -0.180. The third-order valence-corrected chi connectivity index (χ3v) is 2.59. The lowest BCUT2D eigenvalue weighted by molar-refractivity contribution is -0.118. The Kier molecular flexibility index (Phi) is 3.24. The van der Waals surface area contributed by atoms with Crippen LogP contribution in [0.15, 0.2) is 0 Å². The highest BCUT2D eigenvalue weighted by molar-refractivity contribution is 7.81. The smallest absolute Gasteiger partial charge is 0.229 e. The first-order valence-electron chi connectivity index (χ1n) is 4.15. The van der Waals surface area contributed by atoms with Gasteiger partial charge in [-0.25, -0.2) is 0 Å². The van der Waals surface area contributed by atoms with Gasteiger partial charge in [0, 0.05) is 6.54 Å². The van der Waals surface area contributed by atoms with Crippen LogP contribution in [-0.2, 0) is 4.79 Å². The molecule has 0 radical (unpaired) electrons. The maximum atomic E-state index is 10.8. The van der Waals surface area contributed by atoms with Crippen molar-refractivity contribution < 1.29 is 4.79 Å². The maximum absolute atomic E-state index is 10.8. The highest BCUT2D eigenvalue weighted by atomic mass is 32.1. The molecule has 0 aromatic heterocycles. The van der Waals surface area contributed by atoms with E-state index in [4.69, 9.17) is 0 Å². The zero-order valence-corrected chi connectivity index (χ0v) is 7.73. The van der Waals surface area contributed by atoms with Crippen LogP contribution in [0, 0.1) is 11.8 Å². The standard InChI is InChI=1S/C8H15NOS/c1-2-6-3-7(6)4-9-8(10)5-11/h6-7,11H,2-5H2,1H3,(H,9,10). The Balaban J connectivity index is 2.01. The van der Waals surface area contributed by atoms with Gasteiger partial charge in [0.05, 0.1) is 5.75 Å². The molecule has 0 aromatic rings. The molecule has 1 amide bonds. The molecule has 0 aliphatic heterocycles. The van der Waals surface area contributed by atoms with Crippen LogP contribution in [0.4, 0.5) is 0 Å². The van der Waals surface area contributed by atoms with Gasteiger partial charge in [-0.3, -0.25) is 4.79 Å². The van der Waals surface area contributed by atoms with Crippen molar-refractivity contribution in [1.29, 1.82) is 0 Å². The molecular formula is C8H15NOS. The SMILES string of the molecule is CCC1CC1CNC(=O)CS. The number of carbonyl (C=O) groups is 1. The molecule has 2 unspecified atom stereocenters. The van der Waals surface area contributed by atoms with Crippen LogP contribution in [0.2, 0.25) is 0 Å². The van der Waals surface area contributed by atoms with E-state index in [9.17, 15) is 4.79 Å². The molecule has 0 heterocycles. The molecule has 1 aliphatic rings. The topological polar surface area (TPSA) is 29.1 Å². The summed E-state index contributed by atoms with van der Waals surface area (Å²) < 4.78 is 0. The number of carbonyl (C=O) groups excluding carboxylic acids is 1. The van der Waals surface area contributed by atoms with Crippen molar-refractivity contribution >= 4 is 18.5 Å². The van der Waals surface area contributed by atoms with E-state index in [0.29, 0.717) is 5.75 Å². The van der Waals surface area contributed by atoms with Gasteiger partial charge in [-0.15, -0.1) is 0 Å². The zero-order chi connectivity index (χ0) is 8.27. The van der Waals surface area contributed by atoms with Crippen molar-refractivity contribution in [2.45, 2.75) is 19.8 Å². The minimum atomic E-state index is 0.0510. The van der Waals surface area contributed by atoms with Gasteiger partial charge in [0.2, 0.25) is 5.91 Å². The third kappa shape index (κ3) is 2.73. The molecule has 0 bridgehead atoms. The van der Waals surface area contributed by atoms with Crippen LogP contribution in [0.3, 0.4) is 0 Å². The highest BCUT2D eigenvalue weighted by Crippen LogP contribution is 2.40. The molecule has 11 heavy (non-hydrogen) atoms. The minimum Gasteiger partial charge on any atom is -0.355 e. The first kappa shape index (κ1) is 8.91. The number of rotatable bonds is 4. The van der Waals surface area contributed by atoms with E-state index in [1.54, 1.807) is 0 Å². The summed E-state index contributed by atoms with van der Waals surface area (Å²) in [7, 11) is 0. The maximum Gasteiger partial charge on any atom is 0.229 e. The lowest BCUT2D eigenvalue weighted by Crippen LogP contribution is -2.26. The van der Waals surface area contributed by atoms with E-state index in [2.05, 4.69) is 24.9 Å². The molecule has 3 heteroatoms. The van der Waals surface area contributed by atoms with Crippen LogP contribution < -0.4 is 5.32 Å². The summed E-state index contributed by atoms with van der Waals surface area (Å²) in [6.45, 7) is 3.06. The Bertz CT molecular complexity index is 149. The van der Waals surface area contributed by atoms with Gasteiger partial charge in [0.1, 0.15) is 0 Å². The Morgan fingerprint density at radius 3 is 2.82 bits per heavy atom. The zero-order valence-electron chi connectivity index (χ0n) is 6.84. The Morgan fingerprint density at radius 1 is 1.64 bits per heavy atom. The van der Waals surface area contributed by atoms with Gasteiger partial charge < -0.3 is 5.32 Å². The average molecular weight is 173 g/mol. The number of thiol groups is 1. The monoisotopic (exact) mass is 173 g/mol. The molecule has 1 N–H and O–H groups in total. The van der Waals surface area contributed by atoms with Gasteiger partial charge in [0.15, 0.2) is 0 Å². The molecule has 0 saturated heterocycles. The molecule has 1 fully saturated rings. The summed E-state index contributed by atoms with van der Waals surface area (Å²) >= 11 is 3.87. The number of nitrogens with one attached hydrogen (secondary N) is 1. The van der Waals surface area contributed by atoms with Gasteiger partial charge in [-0.2, -0.15) is 12.6 Å². The third-order valence-electron chi connectivity index (χ3n) is 2.30. The summed E-state index contributed by atoms with van der Waals surface area (Å²) in [5.74, 6) is 1.98. The lowest BCUT2D eigenvalue weighted by atomic mass is 10.2. The molecule has 1 rings (SSSR count). The van der Waals surface area contributed by atoms with Gasteiger partial charge in [-0.05, 0) is 18.3 Å². The highest BCUT2D eigenvalue weighted by Gasteiger charge is 2.34. The molecule has 0 spiro atoms. The van der Waals surface area contributed by atoms with Crippen LogP contribution in [-0.4, -0.2) is 18.2 Å². The van der Waals surface area contributed by atoms with Crippen molar-refractivity contribution in [3.8, 4) is 0 Å². The van der Waals surface area contributed by atoms with Crippen LogP contribution in [0.1, 0.15) is 19.8 Å². The van der Waals surface area contributed by atoms with E-state index in [1.807, 2.05) is 0 Å². The summed E-state index contributed by atoms with van der Waals surface area (Å²) in [5.41, 5.74) is 0. The molecule has 1 aliphatic carbocycles. The second-order valence-corrected chi connectivity index (χ2v) is 3.44. The van der Waals surface area contributed by atoms with Crippen LogP contribution >= 0.6 is 12.6 Å². The van der Waals surface area contributed by atoms with E-state index in [-0.39, 0.29) is 5.91 Å². The second kappa shape index (κ2) is 4.00. The van der Waals surface area contributed by atoms with Crippen molar-refractivity contribution in [2.75, 3.05) is 12.3 Å². The fourth-order valence-corrected chi connectivity index (χ4v) is 1.47. The minimum absolute atomic E-state index is 0.0510. The van der Waals surface area contributed by atoms with Gasteiger partial charge in [0.25, 0.3) is 0 Å². The van der Waals surface area contributed by atoms with Crippen molar-refractivity contribution in [1.82, 2.24) is 5.32 Å². The van der Waals surface area contributed by atoms with Crippen molar-refractivity contribution in [2.24, 2.45) is 11.8 Å². The van der Waals surface area contributed by atoms with E-state index in [1.165, 1.54) is 12.8 Å². The summed E-state index contributed by atoms with van der Waals surface area (Å²) in [6.07, 6.45) is 2.55. The fraction of sp³-hybridized carbons (Fsp3) is 0.875. The van der Waals surface area contributed by atoms with E-state index in [0.717, 1.165) is 18.4 Å². The predicted molar refractivity (Wildman–Crippen MR) is 48.8 cm³/mol. The second-order valence-electron chi connectivity index (χ2n) is 3.13. The number of hydrogen-bond donors (Lipinski definition) is 2. The number of hydrogen-bond acceptors (Lipinski definition) is 2. The quantitative estimate of drug-likeness (QED) is 0.612. The van der Waals surface area contributed by atoms with Gasteiger partial charge >= 0.3 is 0 Å².